The van der Waals surface area contributed by atoms with Crippen LogP contribution < -0.4 is 5.32 Å². The molecule has 4 nitrogen and oxygen atoms in total. The molecular formula is C16H22N2O2S. The Hall–Kier alpha value is -1.49. The number of hydrogen-bond donors (Lipinski definition) is 1. The van der Waals surface area contributed by atoms with Gasteiger partial charge in [-0.25, -0.2) is 4.79 Å². The number of aliphatic imine (C=N–C) groups is 1. The summed E-state index contributed by atoms with van der Waals surface area (Å²) in [7, 11) is 1.42. The van der Waals surface area contributed by atoms with Gasteiger partial charge in [0.05, 0.1) is 13.2 Å². The SMILES string of the molecule is COC(=O)C(CC(C)C)NC1=NC(c2ccccc2)CS1. The van der Waals surface area contributed by atoms with Crippen molar-refractivity contribution in [3.63, 3.8) is 0 Å². The van der Waals surface area contributed by atoms with E-state index in [4.69, 9.17) is 4.74 Å². The average molecular weight is 306 g/mol. The van der Waals surface area contributed by atoms with Crippen LogP contribution in [-0.2, 0) is 9.53 Å². The predicted octanol–water partition coefficient (Wildman–Crippen LogP) is 3.01. The number of esters is 1. The molecule has 114 valence electrons. The average Bonchev–Trinajstić information content (AvgIpc) is 2.95. The second-order valence-corrected chi connectivity index (χ2v) is 6.53. The molecule has 1 aliphatic rings. The van der Waals surface area contributed by atoms with Gasteiger partial charge in [-0.05, 0) is 17.9 Å². The summed E-state index contributed by atoms with van der Waals surface area (Å²) in [6.45, 7) is 4.18. The summed E-state index contributed by atoms with van der Waals surface area (Å²) in [5, 5.41) is 4.07. The van der Waals surface area contributed by atoms with Crippen LogP contribution in [0.15, 0.2) is 35.3 Å². The number of hydrogen-bond acceptors (Lipinski definition) is 5. The molecule has 0 saturated carbocycles. The summed E-state index contributed by atoms with van der Waals surface area (Å²) in [5.74, 6) is 1.09. The Kier molecular flexibility index (Phi) is 5.67. The molecule has 1 aromatic rings. The van der Waals surface area contributed by atoms with E-state index in [1.165, 1.54) is 12.7 Å². The standard InChI is InChI=1S/C16H22N2O2S/c1-11(2)9-13(15(19)20-3)17-16-18-14(10-21-16)12-7-5-4-6-8-12/h4-8,11,13-14H,9-10H2,1-3H3,(H,17,18). The zero-order chi connectivity index (χ0) is 15.2. The van der Waals surface area contributed by atoms with Crippen LogP contribution in [0.2, 0.25) is 0 Å². The zero-order valence-electron chi connectivity index (χ0n) is 12.7. The van der Waals surface area contributed by atoms with Crippen molar-refractivity contribution >= 4 is 22.9 Å². The third kappa shape index (κ3) is 4.49. The van der Waals surface area contributed by atoms with Crippen LogP contribution in [0.4, 0.5) is 0 Å². The van der Waals surface area contributed by atoms with Crippen LogP contribution in [0.3, 0.4) is 0 Å². The van der Waals surface area contributed by atoms with E-state index >= 15 is 0 Å². The van der Waals surface area contributed by atoms with E-state index in [9.17, 15) is 4.79 Å². The molecule has 1 aromatic carbocycles. The van der Waals surface area contributed by atoms with Gasteiger partial charge >= 0.3 is 5.97 Å². The highest BCUT2D eigenvalue weighted by Gasteiger charge is 2.26. The molecule has 1 N–H and O–H groups in total. The fourth-order valence-electron chi connectivity index (χ4n) is 2.28. The molecule has 0 fully saturated rings. The first kappa shape index (κ1) is 15.9. The number of thioether (sulfide) groups is 1. The van der Waals surface area contributed by atoms with Crippen LogP contribution in [0.25, 0.3) is 0 Å². The fraction of sp³-hybridized carbons (Fsp3) is 0.500. The van der Waals surface area contributed by atoms with Gasteiger partial charge in [-0.2, -0.15) is 0 Å². The fourth-order valence-corrected chi connectivity index (χ4v) is 3.29. The first-order chi connectivity index (χ1) is 10.1. The number of carbonyl (C=O) groups excluding carboxylic acids is 1. The van der Waals surface area contributed by atoms with E-state index in [1.807, 2.05) is 18.2 Å². The molecule has 0 spiro atoms. The van der Waals surface area contributed by atoms with Crippen molar-refractivity contribution < 1.29 is 9.53 Å². The minimum absolute atomic E-state index is 0.163. The van der Waals surface area contributed by atoms with Gasteiger partial charge < -0.3 is 10.1 Å². The molecule has 2 unspecified atom stereocenters. The van der Waals surface area contributed by atoms with Crippen molar-refractivity contribution in [2.75, 3.05) is 12.9 Å². The number of carbonyl (C=O) groups is 1. The smallest absolute Gasteiger partial charge is 0.328 e. The minimum atomic E-state index is -0.323. The second-order valence-electron chi connectivity index (χ2n) is 5.52. The maximum Gasteiger partial charge on any atom is 0.328 e. The Morgan fingerprint density at radius 2 is 2.14 bits per heavy atom. The van der Waals surface area contributed by atoms with Crippen LogP contribution in [-0.4, -0.2) is 30.0 Å². The number of amidine groups is 1. The summed E-state index contributed by atoms with van der Waals surface area (Å²) in [4.78, 5) is 16.5. The van der Waals surface area contributed by atoms with Gasteiger partial charge in [0.15, 0.2) is 5.17 Å². The lowest BCUT2D eigenvalue weighted by atomic mass is 10.0. The highest BCUT2D eigenvalue weighted by molar-refractivity contribution is 8.14. The lowest BCUT2D eigenvalue weighted by molar-refractivity contribution is -0.143. The van der Waals surface area contributed by atoms with E-state index in [0.29, 0.717) is 5.92 Å². The van der Waals surface area contributed by atoms with Gasteiger partial charge in [0, 0.05) is 5.75 Å². The molecule has 0 radical (unpaired) electrons. The molecule has 21 heavy (non-hydrogen) atoms. The summed E-state index contributed by atoms with van der Waals surface area (Å²) >= 11 is 1.66. The lowest BCUT2D eigenvalue weighted by Crippen LogP contribution is -2.40. The topological polar surface area (TPSA) is 50.7 Å². The highest BCUT2D eigenvalue weighted by atomic mass is 32.2. The molecule has 0 aliphatic carbocycles. The maximum atomic E-state index is 11.8. The van der Waals surface area contributed by atoms with E-state index in [1.54, 1.807) is 11.8 Å². The minimum Gasteiger partial charge on any atom is -0.467 e. The molecule has 1 heterocycles. The zero-order valence-corrected chi connectivity index (χ0v) is 13.5. The number of rotatable bonds is 5. The van der Waals surface area contributed by atoms with Crippen LogP contribution in [0.1, 0.15) is 31.9 Å². The third-order valence-electron chi connectivity index (χ3n) is 3.33. The monoisotopic (exact) mass is 306 g/mol. The quantitative estimate of drug-likeness (QED) is 0.850. The normalized spacial score (nSPS) is 19.2. The summed E-state index contributed by atoms with van der Waals surface area (Å²) in [6, 6.07) is 10.1. The Balaban J connectivity index is 2.02. The van der Waals surface area contributed by atoms with E-state index in [2.05, 4.69) is 36.3 Å². The molecule has 0 saturated heterocycles. The molecule has 2 atom stereocenters. The first-order valence-corrected chi connectivity index (χ1v) is 8.18. The first-order valence-electron chi connectivity index (χ1n) is 7.20. The van der Waals surface area contributed by atoms with Crippen molar-refractivity contribution in [1.29, 1.82) is 0 Å². The van der Waals surface area contributed by atoms with E-state index in [0.717, 1.165) is 17.3 Å². The Morgan fingerprint density at radius 3 is 2.76 bits per heavy atom. The molecule has 0 bridgehead atoms. The Labute approximate surface area is 130 Å². The van der Waals surface area contributed by atoms with Crippen molar-refractivity contribution in [3.05, 3.63) is 35.9 Å². The summed E-state index contributed by atoms with van der Waals surface area (Å²) in [6.07, 6.45) is 0.738. The van der Waals surface area contributed by atoms with Gasteiger partial charge in [-0.15, -0.1) is 0 Å². The lowest BCUT2D eigenvalue weighted by Gasteiger charge is -2.18. The van der Waals surface area contributed by atoms with Crippen LogP contribution in [0, 0.1) is 5.92 Å². The second kappa shape index (κ2) is 7.50. The molecule has 0 amide bonds. The van der Waals surface area contributed by atoms with Crippen LogP contribution >= 0.6 is 11.8 Å². The van der Waals surface area contributed by atoms with Gasteiger partial charge in [-0.3, -0.25) is 4.99 Å². The number of nitrogens with one attached hydrogen (secondary N) is 1. The number of methoxy groups -OCH3 is 1. The van der Waals surface area contributed by atoms with Crippen molar-refractivity contribution in [1.82, 2.24) is 5.32 Å². The summed E-state index contributed by atoms with van der Waals surface area (Å²) in [5.41, 5.74) is 1.21. The third-order valence-corrected chi connectivity index (χ3v) is 4.30. The number of nitrogens with zero attached hydrogens (tertiary/aromatic N) is 1. The van der Waals surface area contributed by atoms with E-state index in [-0.39, 0.29) is 18.1 Å². The van der Waals surface area contributed by atoms with Gasteiger partial charge in [0.1, 0.15) is 6.04 Å². The van der Waals surface area contributed by atoms with Gasteiger partial charge in [0.2, 0.25) is 0 Å². The number of benzene rings is 1. The predicted molar refractivity (Wildman–Crippen MR) is 87.5 cm³/mol. The molecule has 0 aromatic heterocycles. The molecule has 2 rings (SSSR count). The van der Waals surface area contributed by atoms with Gasteiger partial charge in [-0.1, -0.05) is 55.9 Å². The van der Waals surface area contributed by atoms with Crippen molar-refractivity contribution in [2.24, 2.45) is 10.9 Å². The molecule has 1 aliphatic heterocycles. The van der Waals surface area contributed by atoms with Crippen molar-refractivity contribution in [3.8, 4) is 0 Å². The Bertz CT molecular complexity index is 502. The van der Waals surface area contributed by atoms with Crippen molar-refractivity contribution in [2.45, 2.75) is 32.4 Å². The largest absolute Gasteiger partial charge is 0.467 e. The van der Waals surface area contributed by atoms with E-state index < -0.39 is 0 Å². The Morgan fingerprint density at radius 1 is 1.43 bits per heavy atom. The molecule has 5 heteroatoms. The highest BCUT2D eigenvalue weighted by Crippen LogP contribution is 2.29. The summed E-state index contributed by atoms with van der Waals surface area (Å²) < 4.78 is 4.87. The maximum absolute atomic E-state index is 11.8. The number of ether oxygens (including phenoxy) is 1. The molecular weight excluding hydrogens is 284 g/mol. The van der Waals surface area contributed by atoms with Gasteiger partial charge in [0.25, 0.3) is 0 Å². The van der Waals surface area contributed by atoms with Crippen LogP contribution in [0.5, 0.6) is 0 Å².